The van der Waals surface area contributed by atoms with Gasteiger partial charge in [0.25, 0.3) is 0 Å². The molecule has 0 saturated carbocycles. The van der Waals surface area contributed by atoms with Gasteiger partial charge in [-0.2, -0.15) is 13.2 Å². The first-order valence-electron chi connectivity index (χ1n) is 10.2. The minimum Gasteiger partial charge on any atom is -0.548 e. The third-order valence-electron chi connectivity index (χ3n) is 5.61. The van der Waals surface area contributed by atoms with Crippen LogP contribution in [-0.4, -0.2) is 24.7 Å². The molecule has 1 aliphatic rings. The van der Waals surface area contributed by atoms with Crippen LogP contribution < -0.4 is 10.4 Å². The number of carboxylic acid groups (broad SMARTS) is 1. The van der Waals surface area contributed by atoms with Gasteiger partial charge in [-0.1, -0.05) is 66.7 Å². The molecule has 3 aromatic carbocycles. The van der Waals surface area contributed by atoms with E-state index in [0.29, 0.717) is 0 Å². The molecule has 0 spiro atoms. The maximum atomic E-state index is 12.9. The normalized spacial score (nSPS) is 13.7. The quantitative estimate of drug-likeness (QED) is 0.613. The SMILES string of the molecule is O=C(N[C@@H](Cc1cccc(C(F)(F)F)c1)C(=O)[O-])OCC1c2ccccc2-c2ccccc21. The molecule has 0 saturated heterocycles. The number of carbonyl (C=O) groups is 2. The zero-order valence-corrected chi connectivity index (χ0v) is 17.3. The molecular weight excluding hydrogens is 435 g/mol. The lowest BCUT2D eigenvalue weighted by Crippen LogP contribution is -2.49. The molecule has 33 heavy (non-hydrogen) atoms. The number of ether oxygens (including phenoxy) is 1. The third-order valence-corrected chi connectivity index (χ3v) is 5.61. The van der Waals surface area contributed by atoms with Gasteiger partial charge in [-0.15, -0.1) is 0 Å². The molecule has 1 N–H and O–H groups in total. The maximum Gasteiger partial charge on any atom is 0.416 e. The highest BCUT2D eigenvalue weighted by molar-refractivity contribution is 5.80. The maximum absolute atomic E-state index is 12.9. The third kappa shape index (κ3) is 4.84. The molecule has 0 unspecified atom stereocenters. The molecule has 0 fully saturated rings. The summed E-state index contributed by atoms with van der Waals surface area (Å²) in [6.07, 6.45) is -5.93. The van der Waals surface area contributed by atoms with Crippen LogP contribution in [0.4, 0.5) is 18.0 Å². The van der Waals surface area contributed by atoms with Crippen molar-refractivity contribution in [2.45, 2.75) is 24.6 Å². The van der Waals surface area contributed by atoms with Crippen molar-refractivity contribution in [2.75, 3.05) is 6.61 Å². The first-order chi connectivity index (χ1) is 15.7. The molecule has 1 amide bonds. The van der Waals surface area contributed by atoms with Crippen molar-refractivity contribution in [3.05, 3.63) is 95.1 Å². The predicted octanol–water partition coefficient (Wildman–Crippen LogP) is 3.91. The number of aliphatic carboxylic acids is 1. The van der Waals surface area contributed by atoms with E-state index in [0.717, 1.165) is 34.4 Å². The van der Waals surface area contributed by atoms with E-state index in [1.54, 1.807) is 0 Å². The number of rotatable bonds is 6. The summed E-state index contributed by atoms with van der Waals surface area (Å²) < 4.78 is 44.1. The highest BCUT2D eigenvalue weighted by Gasteiger charge is 2.31. The van der Waals surface area contributed by atoms with Gasteiger partial charge in [-0.25, -0.2) is 4.79 Å². The number of alkyl halides is 3. The van der Waals surface area contributed by atoms with E-state index >= 15 is 0 Å². The number of hydrogen-bond acceptors (Lipinski definition) is 4. The minimum absolute atomic E-state index is 0.0246. The van der Waals surface area contributed by atoms with E-state index in [1.165, 1.54) is 12.1 Å². The van der Waals surface area contributed by atoms with Crippen molar-refractivity contribution in [3.63, 3.8) is 0 Å². The predicted molar refractivity (Wildman–Crippen MR) is 112 cm³/mol. The van der Waals surface area contributed by atoms with E-state index in [-0.39, 0.29) is 24.5 Å². The highest BCUT2D eigenvalue weighted by Crippen LogP contribution is 2.44. The van der Waals surface area contributed by atoms with Gasteiger partial charge in [0.05, 0.1) is 17.6 Å². The van der Waals surface area contributed by atoms with Crippen LogP contribution in [0.15, 0.2) is 72.8 Å². The van der Waals surface area contributed by atoms with Crippen molar-refractivity contribution in [3.8, 4) is 11.1 Å². The van der Waals surface area contributed by atoms with Crippen molar-refractivity contribution in [1.29, 1.82) is 0 Å². The summed E-state index contributed by atoms with van der Waals surface area (Å²) in [5.41, 5.74) is 3.26. The summed E-state index contributed by atoms with van der Waals surface area (Å²) >= 11 is 0. The fourth-order valence-electron chi connectivity index (χ4n) is 4.09. The molecule has 1 atom stereocenters. The number of fused-ring (bicyclic) bond motifs is 3. The molecule has 4 rings (SSSR count). The van der Waals surface area contributed by atoms with Crippen molar-refractivity contribution >= 4 is 12.1 Å². The zero-order valence-electron chi connectivity index (χ0n) is 17.3. The molecule has 3 aromatic rings. The van der Waals surface area contributed by atoms with Gasteiger partial charge in [0, 0.05) is 5.92 Å². The van der Waals surface area contributed by atoms with Crippen LogP contribution in [0.2, 0.25) is 0 Å². The van der Waals surface area contributed by atoms with Crippen molar-refractivity contribution < 1.29 is 32.6 Å². The molecule has 0 aliphatic heterocycles. The summed E-state index contributed by atoms with van der Waals surface area (Å²) in [7, 11) is 0. The Morgan fingerprint density at radius 1 is 0.939 bits per heavy atom. The minimum atomic E-state index is -4.56. The lowest BCUT2D eigenvalue weighted by atomic mass is 9.98. The molecule has 0 aromatic heterocycles. The summed E-state index contributed by atoms with van der Waals surface area (Å²) in [4.78, 5) is 23.9. The smallest absolute Gasteiger partial charge is 0.416 e. The molecule has 170 valence electrons. The Hall–Kier alpha value is -3.81. The number of alkyl carbamates (subject to hydrolysis) is 1. The topological polar surface area (TPSA) is 78.5 Å². The molecular formula is C25H19F3NO4-. The Morgan fingerprint density at radius 3 is 2.12 bits per heavy atom. The number of nitrogens with one attached hydrogen (secondary N) is 1. The number of amides is 1. The second-order valence-electron chi connectivity index (χ2n) is 7.74. The van der Waals surface area contributed by atoms with E-state index in [9.17, 15) is 27.9 Å². The van der Waals surface area contributed by atoms with E-state index in [4.69, 9.17) is 4.74 Å². The lowest BCUT2D eigenvalue weighted by Gasteiger charge is -2.21. The van der Waals surface area contributed by atoms with E-state index < -0.39 is 29.8 Å². The van der Waals surface area contributed by atoms with E-state index in [2.05, 4.69) is 5.32 Å². The molecule has 0 heterocycles. The van der Waals surface area contributed by atoms with Crippen LogP contribution in [0.1, 0.15) is 28.2 Å². The van der Waals surface area contributed by atoms with Gasteiger partial charge < -0.3 is 20.0 Å². The summed E-state index contributed by atoms with van der Waals surface area (Å²) in [5, 5.41) is 13.7. The summed E-state index contributed by atoms with van der Waals surface area (Å²) in [5.74, 6) is -1.84. The highest BCUT2D eigenvalue weighted by atomic mass is 19.4. The lowest BCUT2D eigenvalue weighted by molar-refractivity contribution is -0.308. The average Bonchev–Trinajstić information content (AvgIpc) is 3.10. The number of halogens is 3. The Bertz CT molecular complexity index is 1150. The fraction of sp³-hybridized carbons (Fsp3) is 0.200. The zero-order chi connectivity index (χ0) is 23.6. The molecule has 0 bridgehead atoms. The standard InChI is InChI=1S/C25H20F3NO4/c26-25(27,28)16-7-5-6-15(12-16)13-22(23(30)31)29-24(32)33-14-21-19-10-3-1-8-17(19)18-9-2-4-11-20(18)21/h1-12,21-22H,13-14H2,(H,29,32)(H,30,31)/p-1/t22-/m0/s1. The van der Waals surface area contributed by atoms with Crippen molar-refractivity contribution in [2.24, 2.45) is 0 Å². The van der Waals surface area contributed by atoms with Gasteiger partial charge in [0.2, 0.25) is 0 Å². The van der Waals surface area contributed by atoms with Gasteiger partial charge >= 0.3 is 12.3 Å². The monoisotopic (exact) mass is 454 g/mol. The molecule has 8 heteroatoms. The number of hydrogen-bond donors (Lipinski definition) is 1. The summed E-state index contributed by atoms with van der Waals surface area (Å²) in [6.45, 7) is -0.0246. The molecule has 5 nitrogen and oxygen atoms in total. The second kappa shape index (κ2) is 8.97. The van der Waals surface area contributed by atoms with Crippen LogP contribution in [0.5, 0.6) is 0 Å². The van der Waals surface area contributed by atoms with Crippen LogP contribution in [0.3, 0.4) is 0 Å². The van der Waals surface area contributed by atoms with E-state index in [1.807, 2.05) is 48.5 Å². The summed E-state index contributed by atoms with van der Waals surface area (Å²) in [6, 6.07) is 18.2. The van der Waals surface area contributed by atoms with Crippen LogP contribution in [0, 0.1) is 0 Å². The average molecular weight is 454 g/mol. The van der Waals surface area contributed by atoms with Crippen LogP contribution in [0.25, 0.3) is 11.1 Å². The number of benzene rings is 3. The Kier molecular flexibility index (Phi) is 6.09. The molecule has 1 aliphatic carbocycles. The van der Waals surface area contributed by atoms with Crippen LogP contribution in [-0.2, 0) is 22.1 Å². The van der Waals surface area contributed by atoms with Gasteiger partial charge in [0.1, 0.15) is 6.61 Å². The van der Waals surface area contributed by atoms with Gasteiger partial charge in [0.15, 0.2) is 0 Å². The Morgan fingerprint density at radius 2 is 1.55 bits per heavy atom. The first-order valence-corrected chi connectivity index (χ1v) is 10.2. The fourth-order valence-corrected chi connectivity index (χ4v) is 4.09. The Balaban J connectivity index is 1.43. The second-order valence-corrected chi connectivity index (χ2v) is 7.74. The Labute approximate surface area is 187 Å². The first kappa shape index (κ1) is 22.4. The van der Waals surface area contributed by atoms with Gasteiger partial charge in [-0.05, 0) is 40.3 Å². The number of carboxylic acids is 1. The largest absolute Gasteiger partial charge is 0.548 e. The van der Waals surface area contributed by atoms with Crippen LogP contribution >= 0.6 is 0 Å². The number of carbonyl (C=O) groups excluding carboxylic acids is 2. The van der Waals surface area contributed by atoms with Gasteiger partial charge in [-0.3, -0.25) is 0 Å². The molecule has 0 radical (unpaired) electrons. The van der Waals surface area contributed by atoms with Crippen molar-refractivity contribution in [1.82, 2.24) is 5.32 Å².